The molecule has 2 aromatic carbocycles. The molecule has 0 spiro atoms. The van der Waals surface area contributed by atoms with Crippen molar-refractivity contribution in [1.82, 2.24) is 9.38 Å². The highest BCUT2D eigenvalue weighted by Crippen LogP contribution is 2.24. The van der Waals surface area contributed by atoms with E-state index in [-0.39, 0.29) is 11.3 Å². The van der Waals surface area contributed by atoms with E-state index in [0.717, 1.165) is 23.9 Å². The van der Waals surface area contributed by atoms with Crippen molar-refractivity contribution in [2.24, 2.45) is 0 Å². The zero-order chi connectivity index (χ0) is 19.0. The Labute approximate surface area is 155 Å². The second-order valence-corrected chi connectivity index (χ2v) is 6.50. The van der Waals surface area contributed by atoms with E-state index in [9.17, 15) is 18.4 Å². The number of aromatic nitrogens is 2. The Morgan fingerprint density at radius 2 is 1.89 bits per heavy atom. The molecule has 0 atom stereocenters. The molecule has 134 valence electrons. The molecule has 0 fully saturated rings. The fourth-order valence-corrected chi connectivity index (χ4v) is 3.50. The Morgan fingerprint density at radius 3 is 2.63 bits per heavy atom. The number of benzene rings is 2. The Bertz CT molecular complexity index is 1220. The monoisotopic (exact) mass is 383 g/mol. The largest absolute Gasteiger partial charge is 0.319 e. The minimum Gasteiger partial charge on any atom is -0.319 e. The second-order valence-electron chi connectivity index (χ2n) is 5.66. The van der Waals surface area contributed by atoms with Gasteiger partial charge in [0.05, 0.1) is 11.4 Å². The van der Waals surface area contributed by atoms with Crippen LogP contribution in [0.4, 0.5) is 14.5 Å². The molecular formula is C19H11F2N3O2S. The standard InChI is InChI=1S/C19H11F2N3O2S/c20-12-6-7-15(14(21)8-12)23-17(25)13-9-22-19-24(18(13)26)16(10-27-19)11-4-2-1-3-5-11/h1-10H,(H,23,25). The van der Waals surface area contributed by atoms with E-state index in [1.807, 2.05) is 30.3 Å². The van der Waals surface area contributed by atoms with Crippen LogP contribution >= 0.6 is 11.3 Å². The number of hydrogen-bond donors (Lipinski definition) is 1. The lowest BCUT2D eigenvalue weighted by atomic mass is 10.2. The summed E-state index contributed by atoms with van der Waals surface area (Å²) in [6.07, 6.45) is 1.15. The van der Waals surface area contributed by atoms with Gasteiger partial charge in [-0.3, -0.25) is 14.0 Å². The first-order valence-electron chi connectivity index (χ1n) is 7.85. The number of rotatable bonds is 3. The third-order valence-electron chi connectivity index (χ3n) is 3.94. The highest BCUT2D eigenvalue weighted by molar-refractivity contribution is 7.15. The quantitative estimate of drug-likeness (QED) is 0.583. The predicted molar refractivity (Wildman–Crippen MR) is 99.1 cm³/mol. The van der Waals surface area contributed by atoms with Gasteiger partial charge in [0.15, 0.2) is 4.96 Å². The van der Waals surface area contributed by atoms with E-state index in [1.165, 1.54) is 15.7 Å². The summed E-state index contributed by atoms with van der Waals surface area (Å²) in [6.45, 7) is 0. The number of hydrogen-bond acceptors (Lipinski definition) is 4. The summed E-state index contributed by atoms with van der Waals surface area (Å²) < 4.78 is 28.1. The molecule has 4 aromatic rings. The van der Waals surface area contributed by atoms with Crippen LogP contribution in [0.5, 0.6) is 0 Å². The molecule has 0 aliphatic carbocycles. The van der Waals surface area contributed by atoms with Crippen molar-refractivity contribution in [3.05, 3.63) is 87.7 Å². The summed E-state index contributed by atoms with van der Waals surface area (Å²) in [6, 6.07) is 12.0. The van der Waals surface area contributed by atoms with Gasteiger partial charge < -0.3 is 5.32 Å². The number of amides is 1. The van der Waals surface area contributed by atoms with Crippen molar-refractivity contribution < 1.29 is 13.6 Å². The van der Waals surface area contributed by atoms with Gasteiger partial charge in [0.25, 0.3) is 11.5 Å². The fraction of sp³-hybridized carbons (Fsp3) is 0. The number of carbonyl (C=O) groups is 1. The van der Waals surface area contributed by atoms with Gasteiger partial charge in [0, 0.05) is 17.6 Å². The molecule has 2 heterocycles. The van der Waals surface area contributed by atoms with Crippen LogP contribution in [0.3, 0.4) is 0 Å². The zero-order valence-corrected chi connectivity index (χ0v) is 14.5. The van der Waals surface area contributed by atoms with E-state index in [2.05, 4.69) is 10.3 Å². The summed E-state index contributed by atoms with van der Waals surface area (Å²) in [5.41, 5.74) is 0.372. The minimum atomic E-state index is -0.932. The van der Waals surface area contributed by atoms with Crippen molar-refractivity contribution in [2.45, 2.75) is 0 Å². The van der Waals surface area contributed by atoms with E-state index >= 15 is 0 Å². The first kappa shape index (κ1) is 17.0. The summed E-state index contributed by atoms with van der Waals surface area (Å²) >= 11 is 1.27. The van der Waals surface area contributed by atoms with Crippen LogP contribution in [-0.4, -0.2) is 15.3 Å². The molecule has 1 N–H and O–H groups in total. The number of carbonyl (C=O) groups excluding carboxylic acids is 1. The second kappa shape index (κ2) is 6.73. The van der Waals surface area contributed by atoms with Crippen LogP contribution < -0.4 is 10.9 Å². The molecule has 8 heteroatoms. The lowest BCUT2D eigenvalue weighted by Crippen LogP contribution is -2.26. The van der Waals surface area contributed by atoms with Crippen molar-refractivity contribution in [3.8, 4) is 11.3 Å². The summed E-state index contributed by atoms with van der Waals surface area (Å²) in [7, 11) is 0. The van der Waals surface area contributed by atoms with Crippen LogP contribution in [0.15, 0.2) is 64.9 Å². The minimum absolute atomic E-state index is 0.223. The SMILES string of the molecule is O=C(Nc1ccc(F)cc1F)c1cnc2scc(-c3ccccc3)n2c1=O. The van der Waals surface area contributed by atoms with Gasteiger partial charge in [0.1, 0.15) is 17.2 Å². The Morgan fingerprint density at radius 1 is 1.11 bits per heavy atom. The molecule has 0 aliphatic rings. The van der Waals surface area contributed by atoms with E-state index in [1.54, 1.807) is 5.38 Å². The topological polar surface area (TPSA) is 63.5 Å². The summed E-state index contributed by atoms with van der Waals surface area (Å²) in [5, 5.41) is 4.06. The van der Waals surface area contributed by atoms with Gasteiger partial charge in [-0.1, -0.05) is 30.3 Å². The molecule has 0 saturated carbocycles. The van der Waals surface area contributed by atoms with Crippen molar-refractivity contribution in [1.29, 1.82) is 0 Å². The third kappa shape index (κ3) is 3.11. The molecule has 4 rings (SSSR count). The van der Waals surface area contributed by atoms with Crippen LogP contribution in [0, 0.1) is 11.6 Å². The first-order chi connectivity index (χ1) is 13.0. The average Bonchev–Trinajstić information content (AvgIpc) is 3.10. The first-order valence-corrected chi connectivity index (χ1v) is 8.73. The maximum Gasteiger partial charge on any atom is 0.271 e. The summed E-state index contributed by atoms with van der Waals surface area (Å²) in [5.74, 6) is -2.52. The molecule has 0 bridgehead atoms. The predicted octanol–water partition coefficient (Wildman–Crippen LogP) is 3.95. The zero-order valence-electron chi connectivity index (χ0n) is 13.6. The van der Waals surface area contributed by atoms with Crippen molar-refractivity contribution >= 4 is 27.9 Å². The Kier molecular flexibility index (Phi) is 4.25. The normalized spacial score (nSPS) is 10.9. The lowest BCUT2D eigenvalue weighted by molar-refractivity contribution is 0.102. The lowest BCUT2D eigenvalue weighted by Gasteiger charge is -2.07. The van der Waals surface area contributed by atoms with E-state index in [4.69, 9.17) is 0 Å². The molecule has 0 radical (unpaired) electrons. The van der Waals surface area contributed by atoms with Gasteiger partial charge in [-0.25, -0.2) is 13.8 Å². The summed E-state index contributed by atoms with van der Waals surface area (Å²) in [4.78, 5) is 29.9. The molecule has 0 unspecified atom stereocenters. The maximum atomic E-state index is 13.8. The molecule has 0 saturated heterocycles. The number of nitrogens with one attached hydrogen (secondary N) is 1. The fourth-order valence-electron chi connectivity index (χ4n) is 2.64. The number of nitrogens with zero attached hydrogens (tertiary/aromatic N) is 2. The van der Waals surface area contributed by atoms with Gasteiger partial charge in [-0.2, -0.15) is 0 Å². The third-order valence-corrected chi connectivity index (χ3v) is 4.78. The van der Waals surface area contributed by atoms with Gasteiger partial charge in [-0.05, 0) is 17.7 Å². The van der Waals surface area contributed by atoms with E-state index < -0.39 is 23.1 Å². The van der Waals surface area contributed by atoms with Gasteiger partial charge in [0.2, 0.25) is 0 Å². The number of thiazole rings is 1. The Hall–Kier alpha value is -3.39. The Balaban J connectivity index is 1.77. The highest BCUT2D eigenvalue weighted by Gasteiger charge is 2.18. The van der Waals surface area contributed by atoms with Crippen LogP contribution in [-0.2, 0) is 0 Å². The van der Waals surface area contributed by atoms with Crippen LogP contribution in [0.25, 0.3) is 16.2 Å². The van der Waals surface area contributed by atoms with Gasteiger partial charge >= 0.3 is 0 Å². The maximum absolute atomic E-state index is 13.8. The van der Waals surface area contributed by atoms with Crippen molar-refractivity contribution in [2.75, 3.05) is 5.32 Å². The molecule has 2 aromatic heterocycles. The molecular weight excluding hydrogens is 372 g/mol. The van der Waals surface area contributed by atoms with Crippen LogP contribution in [0.2, 0.25) is 0 Å². The van der Waals surface area contributed by atoms with E-state index in [0.29, 0.717) is 16.7 Å². The average molecular weight is 383 g/mol. The van der Waals surface area contributed by atoms with Crippen molar-refractivity contribution in [3.63, 3.8) is 0 Å². The smallest absolute Gasteiger partial charge is 0.271 e. The highest BCUT2D eigenvalue weighted by atomic mass is 32.1. The molecule has 27 heavy (non-hydrogen) atoms. The molecule has 5 nitrogen and oxygen atoms in total. The van der Waals surface area contributed by atoms with Gasteiger partial charge in [-0.15, -0.1) is 11.3 Å². The van der Waals surface area contributed by atoms with Crippen LogP contribution in [0.1, 0.15) is 10.4 Å². The molecule has 1 amide bonds. The molecule has 0 aliphatic heterocycles. The number of fused-ring (bicyclic) bond motifs is 1. The number of anilines is 1. The number of halogens is 2.